The van der Waals surface area contributed by atoms with Crippen molar-refractivity contribution in [2.75, 3.05) is 13.1 Å². The summed E-state index contributed by atoms with van der Waals surface area (Å²) in [6.45, 7) is -1.26. The Labute approximate surface area is 122 Å². The van der Waals surface area contributed by atoms with E-state index in [-0.39, 0.29) is 9.37 Å². The number of aliphatic carboxylic acids is 1. The second-order valence-corrected chi connectivity index (χ2v) is 6.19. The highest BCUT2D eigenvalue weighted by Crippen LogP contribution is 2.19. The Bertz CT molecular complexity index is 635. The van der Waals surface area contributed by atoms with E-state index in [9.17, 15) is 22.4 Å². The predicted octanol–water partition coefficient (Wildman–Crippen LogP) is 0.0673. The molecule has 0 spiro atoms. The Kier molecular flexibility index (Phi) is 5.60. The zero-order chi connectivity index (χ0) is 15.3. The molecular formula is C10H10BrFN2O5S. The normalized spacial score (nSPS) is 11.1. The monoisotopic (exact) mass is 368 g/mol. The summed E-state index contributed by atoms with van der Waals surface area (Å²) in [6.07, 6.45) is 0. The van der Waals surface area contributed by atoms with Gasteiger partial charge in [0.1, 0.15) is 12.4 Å². The number of rotatable bonds is 6. The first-order chi connectivity index (χ1) is 9.22. The highest BCUT2D eigenvalue weighted by atomic mass is 79.9. The fourth-order valence-corrected chi connectivity index (χ4v) is 2.36. The fraction of sp³-hybridized carbons (Fsp3) is 0.200. The number of sulfonamides is 1. The third-order valence-corrected chi connectivity index (χ3v) is 4.10. The maximum atomic E-state index is 13.2. The molecule has 110 valence electrons. The number of carboxylic acids is 1. The van der Waals surface area contributed by atoms with Gasteiger partial charge >= 0.3 is 5.97 Å². The number of carboxylic acid groups (broad SMARTS) is 1. The molecule has 0 saturated carbocycles. The summed E-state index contributed by atoms with van der Waals surface area (Å²) >= 11 is 2.88. The molecule has 7 nitrogen and oxygen atoms in total. The van der Waals surface area contributed by atoms with E-state index < -0.39 is 40.8 Å². The summed E-state index contributed by atoms with van der Waals surface area (Å²) in [5, 5.41) is 10.3. The molecule has 0 unspecified atom stereocenters. The van der Waals surface area contributed by atoms with Gasteiger partial charge in [-0.3, -0.25) is 9.59 Å². The first kappa shape index (κ1) is 16.5. The predicted molar refractivity (Wildman–Crippen MR) is 69.9 cm³/mol. The number of hydrogen-bond acceptors (Lipinski definition) is 4. The summed E-state index contributed by atoms with van der Waals surface area (Å²) < 4.78 is 38.8. The SMILES string of the molecule is O=C(O)CNC(=O)CNS(=O)(=O)c1ccc(Br)c(F)c1. The van der Waals surface area contributed by atoms with E-state index in [1.165, 1.54) is 6.07 Å². The topological polar surface area (TPSA) is 113 Å². The molecule has 3 N–H and O–H groups in total. The highest BCUT2D eigenvalue weighted by Gasteiger charge is 2.17. The Morgan fingerprint density at radius 2 is 1.95 bits per heavy atom. The van der Waals surface area contributed by atoms with Crippen LogP contribution in [0, 0.1) is 5.82 Å². The van der Waals surface area contributed by atoms with Crippen molar-refractivity contribution in [3.63, 3.8) is 0 Å². The average Bonchev–Trinajstić information content (AvgIpc) is 2.37. The lowest BCUT2D eigenvalue weighted by atomic mass is 10.3. The van der Waals surface area contributed by atoms with Crippen LogP contribution in [0.4, 0.5) is 4.39 Å². The number of hydrogen-bond donors (Lipinski definition) is 3. The number of carbonyl (C=O) groups is 2. The Balaban J connectivity index is 2.68. The summed E-state index contributed by atoms with van der Waals surface area (Å²) in [4.78, 5) is 21.0. The first-order valence-corrected chi connectivity index (χ1v) is 7.43. The van der Waals surface area contributed by atoms with Crippen molar-refractivity contribution in [3.8, 4) is 0 Å². The lowest BCUT2D eigenvalue weighted by Crippen LogP contribution is -2.39. The molecule has 1 rings (SSSR count). The van der Waals surface area contributed by atoms with Crippen LogP contribution in [0.2, 0.25) is 0 Å². The third-order valence-electron chi connectivity index (χ3n) is 2.06. The molecule has 0 bridgehead atoms. The van der Waals surface area contributed by atoms with Gasteiger partial charge in [0.2, 0.25) is 15.9 Å². The van der Waals surface area contributed by atoms with Crippen LogP contribution >= 0.6 is 15.9 Å². The number of carbonyl (C=O) groups excluding carboxylic acids is 1. The summed E-state index contributed by atoms with van der Waals surface area (Å²) in [5.74, 6) is -2.83. The van der Waals surface area contributed by atoms with E-state index >= 15 is 0 Å². The summed E-state index contributed by atoms with van der Waals surface area (Å²) in [6, 6.07) is 3.17. The van der Waals surface area contributed by atoms with E-state index in [0.717, 1.165) is 12.1 Å². The fourth-order valence-electron chi connectivity index (χ4n) is 1.12. The second-order valence-electron chi connectivity index (χ2n) is 3.57. The summed E-state index contributed by atoms with van der Waals surface area (Å²) in [7, 11) is -4.05. The van der Waals surface area contributed by atoms with Gasteiger partial charge in [0, 0.05) is 0 Å². The molecule has 10 heteroatoms. The minimum Gasteiger partial charge on any atom is -0.480 e. The van der Waals surface area contributed by atoms with Gasteiger partial charge in [0.05, 0.1) is 15.9 Å². The van der Waals surface area contributed by atoms with Gasteiger partial charge in [-0.2, -0.15) is 0 Å². The molecule has 0 saturated heterocycles. The molecule has 1 aromatic carbocycles. The molecule has 0 radical (unpaired) electrons. The molecule has 0 heterocycles. The molecule has 0 aliphatic carbocycles. The third kappa shape index (κ3) is 4.87. The van der Waals surface area contributed by atoms with Crippen molar-refractivity contribution in [1.82, 2.24) is 10.0 Å². The van der Waals surface area contributed by atoms with Gasteiger partial charge in [0.25, 0.3) is 0 Å². The molecule has 0 atom stereocenters. The molecule has 0 aliphatic rings. The zero-order valence-corrected chi connectivity index (χ0v) is 12.3. The van der Waals surface area contributed by atoms with Crippen LogP contribution in [0.25, 0.3) is 0 Å². The van der Waals surface area contributed by atoms with E-state index in [0.29, 0.717) is 0 Å². The van der Waals surface area contributed by atoms with Crippen LogP contribution in [0.1, 0.15) is 0 Å². The summed E-state index contributed by atoms with van der Waals surface area (Å²) in [5.41, 5.74) is 0. The van der Waals surface area contributed by atoms with Crippen LogP contribution in [0.15, 0.2) is 27.6 Å². The van der Waals surface area contributed by atoms with Crippen LogP contribution in [-0.2, 0) is 19.6 Å². The van der Waals surface area contributed by atoms with Crippen molar-refractivity contribution in [2.45, 2.75) is 4.90 Å². The van der Waals surface area contributed by atoms with Crippen LogP contribution in [-0.4, -0.2) is 38.5 Å². The lowest BCUT2D eigenvalue weighted by Gasteiger charge is -2.07. The van der Waals surface area contributed by atoms with Crippen molar-refractivity contribution in [2.24, 2.45) is 0 Å². The number of benzene rings is 1. The van der Waals surface area contributed by atoms with Gasteiger partial charge in [-0.05, 0) is 34.1 Å². The zero-order valence-electron chi connectivity index (χ0n) is 9.89. The Morgan fingerprint density at radius 3 is 2.50 bits per heavy atom. The van der Waals surface area contributed by atoms with Gasteiger partial charge in [-0.1, -0.05) is 0 Å². The maximum absolute atomic E-state index is 13.2. The lowest BCUT2D eigenvalue weighted by molar-refractivity contribution is -0.137. The van der Waals surface area contributed by atoms with Crippen LogP contribution in [0.5, 0.6) is 0 Å². The molecule has 0 fully saturated rings. The molecule has 1 aromatic rings. The van der Waals surface area contributed by atoms with Crippen molar-refractivity contribution in [1.29, 1.82) is 0 Å². The minimum absolute atomic E-state index is 0.107. The number of amides is 1. The van der Waals surface area contributed by atoms with Gasteiger partial charge in [-0.25, -0.2) is 17.5 Å². The van der Waals surface area contributed by atoms with Crippen molar-refractivity contribution < 1.29 is 27.5 Å². The molecule has 1 amide bonds. The standard InChI is InChI=1S/C10H10BrFN2O5S/c11-7-2-1-6(3-8(7)12)20(18,19)14-4-9(15)13-5-10(16)17/h1-3,14H,4-5H2,(H,13,15)(H,16,17). The Morgan fingerprint density at radius 1 is 1.30 bits per heavy atom. The molecule has 20 heavy (non-hydrogen) atoms. The van der Waals surface area contributed by atoms with Gasteiger partial charge < -0.3 is 10.4 Å². The molecule has 0 aromatic heterocycles. The largest absolute Gasteiger partial charge is 0.480 e. The van der Waals surface area contributed by atoms with Gasteiger partial charge in [-0.15, -0.1) is 0 Å². The van der Waals surface area contributed by atoms with Crippen LogP contribution < -0.4 is 10.0 Å². The van der Waals surface area contributed by atoms with E-state index in [2.05, 4.69) is 15.9 Å². The van der Waals surface area contributed by atoms with Crippen molar-refractivity contribution in [3.05, 3.63) is 28.5 Å². The maximum Gasteiger partial charge on any atom is 0.322 e. The van der Waals surface area contributed by atoms with E-state index in [1.807, 2.05) is 10.0 Å². The molecular weight excluding hydrogens is 359 g/mol. The van der Waals surface area contributed by atoms with Crippen molar-refractivity contribution >= 4 is 37.8 Å². The minimum atomic E-state index is -4.05. The van der Waals surface area contributed by atoms with Crippen LogP contribution in [0.3, 0.4) is 0 Å². The number of halogens is 2. The van der Waals surface area contributed by atoms with E-state index in [4.69, 9.17) is 5.11 Å². The average molecular weight is 369 g/mol. The first-order valence-electron chi connectivity index (χ1n) is 5.15. The smallest absolute Gasteiger partial charge is 0.322 e. The van der Waals surface area contributed by atoms with Gasteiger partial charge in [0.15, 0.2) is 0 Å². The highest BCUT2D eigenvalue weighted by molar-refractivity contribution is 9.10. The second kappa shape index (κ2) is 6.77. The molecule has 0 aliphatic heterocycles. The Hall–Kier alpha value is -1.52. The van der Waals surface area contributed by atoms with E-state index in [1.54, 1.807) is 0 Å². The quantitative estimate of drug-likeness (QED) is 0.657. The number of nitrogens with one attached hydrogen (secondary N) is 2.